The molecular formula is C13H11N2+. The minimum atomic E-state index is 1.04. The van der Waals surface area contributed by atoms with Crippen LogP contribution < -0.4 is 4.57 Å². The van der Waals surface area contributed by atoms with Gasteiger partial charge in [-0.3, -0.25) is 0 Å². The van der Waals surface area contributed by atoms with E-state index in [0.717, 1.165) is 22.1 Å². The average molecular weight is 195 g/mol. The molecule has 0 aliphatic rings. The van der Waals surface area contributed by atoms with Crippen LogP contribution in [0, 0.1) is 0 Å². The number of fused-ring (bicyclic) bond motifs is 2. The Bertz CT molecular complexity index is 590. The first-order valence-electron chi connectivity index (χ1n) is 5.00. The highest BCUT2D eigenvalue weighted by Crippen LogP contribution is 2.12. The van der Waals surface area contributed by atoms with Crippen LogP contribution in [0.5, 0.6) is 0 Å². The van der Waals surface area contributed by atoms with E-state index in [1.165, 1.54) is 0 Å². The first-order chi connectivity index (χ1) is 7.36. The van der Waals surface area contributed by atoms with Gasteiger partial charge in [-0.2, -0.15) is 4.57 Å². The van der Waals surface area contributed by atoms with Gasteiger partial charge in [0, 0.05) is 12.1 Å². The normalized spacial score (nSPS) is 11.0. The number of benzene rings is 2. The fourth-order valence-corrected chi connectivity index (χ4v) is 1.94. The Hall–Kier alpha value is -1.96. The fourth-order valence-electron chi connectivity index (χ4n) is 1.94. The first-order valence-corrected chi connectivity index (χ1v) is 5.00. The summed E-state index contributed by atoms with van der Waals surface area (Å²) in [6, 6.07) is 16.4. The van der Waals surface area contributed by atoms with Gasteiger partial charge in [0.15, 0.2) is 0 Å². The Morgan fingerprint density at radius 2 is 1.27 bits per heavy atom. The maximum atomic E-state index is 4.62. The van der Waals surface area contributed by atoms with E-state index >= 15 is 0 Å². The summed E-state index contributed by atoms with van der Waals surface area (Å²) in [4.78, 5) is 4.62. The summed E-state index contributed by atoms with van der Waals surface area (Å²) in [5.41, 5.74) is 4.41. The van der Waals surface area contributed by atoms with Crippen molar-refractivity contribution in [2.75, 3.05) is 0 Å². The number of nitrogens with zero attached hydrogens (tertiary/aromatic N) is 2. The van der Waals surface area contributed by atoms with Crippen molar-refractivity contribution in [2.45, 2.75) is 0 Å². The van der Waals surface area contributed by atoms with E-state index in [1.807, 2.05) is 36.4 Å². The summed E-state index contributed by atoms with van der Waals surface area (Å²) in [5.74, 6) is 0. The largest absolute Gasteiger partial charge is 0.235 e. The van der Waals surface area contributed by atoms with E-state index in [2.05, 4.69) is 28.7 Å². The van der Waals surface area contributed by atoms with Crippen LogP contribution in [0.1, 0.15) is 0 Å². The van der Waals surface area contributed by atoms with E-state index in [1.54, 1.807) is 0 Å². The first kappa shape index (κ1) is 8.36. The highest BCUT2D eigenvalue weighted by Gasteiger charge is 2.10. The van der Waals surface area contributed by atoms with Crippen molar-refractivity contribution in [3.05, 3.63) is 48.5 Å². The number of para-hydroxylation sites is 4. The molecule has 2 heteroatoms. The van der Waals surface area contributed by atoms with Crippen LogP contribution in [-0.4, -0.2) is 4.98 Å². The Kier molecular flexibility index (Phi) is 1.68. The van der Waals surface area contributed by atoms with E-state index in [9.17, 15) is 0 Å². The van der Waals surface area contributed by atoms with Gasteiger partial charge in [0.05, 0.1) is 0 Å². The van der Waals surface area contributed by atoms with Gasteiger partial charge < -0.3 is 0 Å². The van der Waals surface area contributed by atoms with Gasteiger partial charge >= 0.3 is 0 Å². The molecule has 0 aliphatic heterocycles. The van der Waals surface area contributed by atoms with Crippen molar-refractivity contribution in [3.8, 4) is 0 Å². The van der Waals surface area contributed by atoms with E-state index in [-0.39, 0.29) is 0 Å². The molecule has 1 aromatic heterocycles. The van der Waals surface area contributed by atoms with Crippen molar-refractivity contribution in [1.82, 2.24) is 4.98 Å². The van der Waals surface area contributed by atoms with Crippen LogP contribution in [-0.2, 0) is 7.05 Å². The lowest BCUT2D eigenvalue weighted by atomic mass is 10.2. The molecule has 3 rings (SSSR count). The molecule has 0 unspecified atom stereocenters. The lowest BCUT2D eigenvalue weighted by Gasteiger charge is -1.99. The monoisotopic (exact) mass is 195 g/mol. The molecule has 72 valence electrons. The molecule has 2 nitrogen and oxygen atoms in total. The van der Waals surface area contributed by atoms with Gasteiger partial charge in [0.25, 0.3) is 0 Å². The van der Waals surface area contributed by atoms with Crippen molar-refractivity contribution < 1.29 is 4.57 Å². The maximum Gasteiger partial charge on any atom is 0.231 e. The van der Waals surface area contributed by atoms with Gasteiger partial charge in [-0.1, -0.05) is 24.3 Å². The Morgan fingerprint density at radius 1 is 0.800 bits per heavy atom. The zero-order valence-corrected chi connectivity index (χ0v) is 8.51. The minimum Gasteiger partial charge on any atom is -0.235 e. The number of hydrogen-bond acceptors (Lipinski definition) is 1. The van der Waals surface area contributed by atoms with E-state index in [0.29, 0.717) is 0 Å². The summed E-state index contributed by atoms with van der Waals surface area (Å²) < 4.78 is 2.18. The molecule has 2 aromatic carbocycles. The third-order valence-electron chi connectivity index (χ3n) is 2.73. The van der Waals surface area contributed by atoms with Crippen LogP contribution in [0.15, 0.2) is 48.5 Å². The second-order valence-corrected chi connectivity index (χ2v) is 3.65. The van der Waals surface area contributed by atoms with Gasteiger partial charge in [-0.15, -0.1) is 0 Å². The second kappa shape index (κ2) is 3.02. The molecule has 0 fully saturated rings. The fraction of sp³-hybridized carbons (Fsp3) is 0.0769. The van der Waals surface area contributed by atoms with Crippen molar-refractivity contribution in [2.24, 2.45) is 7.05 Å². The topological polar surface area (TPSA) is 16.8 Å². The highest BCUT2D eigenvalue weighted by atomic mass is 15.0. The summed E-state index contributed by atoms with van der Waals surface area (Å²) in [6.07, 6.45) is 0. The van der Waals surface area contributed by atoms with Gasteiger partial charge in [0.2, 0.25) is 11.0 Å². The van der Waals surface area contributed by atoms with E-state index < -0.39 is 0 Å². The quantitative estimate of drug-likeness (QED) is 0.397. The number of aromatic nitrogens is 2. The predicted octanol–water partition coefficient (Wildman–Crippen LogP) is 2.21. The lowest BCUT2D eigenvalue weighted by molar-refractivity contribution is -0.617. The number of hydrogen-bond donors (Lipinski definition) is 0. The lowest BCUT2D eigenvalue weighted by Crippen LogP contribution is -2.30. The SMILES string of the molecule is C[n+]1c2ccccc2nc2ccccc21. The maximum absolute atomic E-state index is 4.62. The Labute approximate surface area is 87.8 Å². The zero-order valence-electron chi connectivity index (χ0n) is 8.51. The number of rotatable bonds is 0. The summed E-state index contributed by atoms with van der Waals surface area (Å²) in [7, 11) is 2.08. The van der Waals surface area contributed by atoms with Gasteiger partial charge in [-0.25, -0.2) is 4.98 Å². The van der Waals surface area contributed by atoms with Crippen molar-refractivity contribution in [1.29, 1.82) is 0 Å². The zero-order chi connectivity index (χ0) is 10.3. The molecule has 0 radical (unpaired) electrons. The van der Waals surface area contributed by atoms with Crippen LogP contribution >= 0.6 is 0 Å². The predicted molar refractivity (Wildman–Crippen MR) is 60.4 cm³/mol. The van der Waals surface area contributed by atoms with Crippen molar-refractivity contribution in [3.63, 3.8) is 0 Å². The third kappa shape index (κ3) is 1.18. The second-order valence-electron chi connectivity index (χ2n) is 3.65. The Morgan fingerprint density at radius 3 is 1.80 bits per heavy atom. The number of aryl methyl sites for hydroxylation is 1. The van der Waals surface area contributed by atoms with Gasteiger partial charge in [-0.05, 0) is 12.1 Å². The summed E-state index contributed by atoms with van der Waals surface area (Å²) in [6.45, 7) is 0. The molecule has 3 aromatic rings. The molecule has 15 heavy (non-hydrogen) atoms. The molecule has 0 saturated carbocycles. The van der Waals surface area contributed by atoms with Gasteiger partial charge in [0.1, 0.15) is 18.1 Å². The standard InChI is InChI=1S/C13H11N2/c1-15-12-8-4-2-6-10(12)14-11-7-3-5-9-13(11)15/h2-9H,1H3/q+1. The molecule has 0 N–H and O–H groups in total. The molecule has 0 aliphatic carbocycles. The molecule has 0 bridgehead atoms. The summed E-state index contributed by atoms with van der Waals surface area (Å²) >= 11 is 0. The third-order valence-corrected chi connectivity index (χ3v) is 2.73. The van der Waals surface area contributed by atoms with Crippen LogP contribution in [0.2, 0.25) is 0 Å². The average Bonchev–Trinajstić information content (AvgIpc) is 2.30. The molecule has 0 saturated heterocycles. The van der Waals surface area contributed by atoms with Crippen LogP contribution in [0.25, 0.3) is 22.1 Å². The molecule has 0 atom stereocenters. The van der Waals surface area contributed by atoms with Crippen LogP contribution in [0.4, 0.5) is 0 Å². The molecule has 0 spiro atoms. The molecule has 1 heterocycles. The minimum absolute atomic E-state index is 1.04. The highest BCUT2D eigenvalue weighted by molar-refractivity contribution is 5.81. The smallest absolute Gasteiger partial charge is 0.231 e. The molecule has 0 amide bonds. The van der Waals surface area contributed by atoms with Crippen LogP contribution in [0.3, 0.4) is 0 Å². The molecular weight excluding hydrogens is 184 g/mol. The van der Waals surface area contributed by atoms with E-state index in [4.69, 9.17) is 0 Å². The summed E-state index contributed by atoms with van der Waals surface area (Å²) in [5, 5.41) is 0. The van der Waals surface area contributed by atoms with Crippen molar-refractivity contribution >= 4 is 22.1 Å². The Balaban J connectivity index is 2.60.